The molecule has 0 radical (unpaired) electrons. The van der Waals surface area contributed by atoms with Crippen molar-refractivity contribution in [3.63, 3.8) is 0 Å². The number of anilines is 2. The van der Waals surface area contributed by atoms with Gasteiger partial charge in [-0.2, -0.15) is 5.10 Å². The van der Waals surface area contributed by atoms with Crippen LogP contribution in [0.2, 0.25) is 0 Å². The Morgan fingerprint density at radius 1 is 1.61 bits per heavy atom. The molecule has 6 nitrogen and oxygen atoms in total. The lowest BCUT2D eigenvalue weighted by Crippen LogP contribution is -2.03. The molecule has 0 aliphatic rings. The van der Waals surface area contributed by atoms with Crippen molar-refractivity contribution in [3.05, 3.63) is 23.0 Å². The van der Waals surface area contributed by atoms with Gasteiger partial charge in [0.15, 0.2) is 10.8 Å². The Kier molecular flexibility index (Phi) is 3.61. The number of thiazole rings is 1. The number of nitrogens with one attached hydrogen (secondary N) is 1. The van der Waals surface area contributed by atoms with Gasteiger partial charge in [0.1, 0.15) is 0 Å². The van der Waals surface area contributed by atoms with Gasteiger partial charge in [-0.15, -0.1) is 11.3 Å². The summed E-state index contributed by atoms with van der Waals surface area (Å²) in [5, 5.41) is 7.92. The van der Waals surface area contributed by atoms with Crippen molar-refractivity contribution in [1.29, 1.82) is 0 Å². The van der Waals surface area contributed by atoms with Gasteiger partial charge in [-0.1, -0.05) is 0 Å². The fourth-order valence-electron chi connectivity index (χ4n) is 1.46. The van der Waals surface area contributed by atoms with Crippen molar-refractivity contribution in [2.75, 3.05) is 12.4 Å². The van der Waals surface area contributed by atoms with Gasteiger partial charge in [0.05, 0.1) is 19.0 Å². The number of nitrogens with zero attached hydrogens (tertiary/aromatic N) is 3. The largest absolute Gasteiger partial charge is 0.464 e. The SMILES string of the molecule is CCn1cc(Nc2nc(C(=O)OC)c(C)s2)cn1. The fourth-order valence-corrected chi connectivity index (χ4v) is 2.28. The molecule has 0 saturated carbocycles. The molecule has 0 amide bonds. The number of hydrogen-bond acceptors (Lipinski definition) is 6. The van der Waals surface area contributed by atoms with Crippen LogP contribution in [0.1, 0.15) is 22.3 Å². The first-order valence-electron chi connectivity index (χ1n) is 5.49. The maximum atomic E-state index is 11.4. The summed E-state index contributed by atoms with van der Waals surface area (Å²) in [6, 6.07) is 0. The number of ether oxygens (including phenoxy) is 1. The minimum absolute atomic E-state index is 0.355. The molecule has 0 aliphatic carbocycles. The van der Waals surface area contributed by atoms with Crippen molar-refractivity contribution in [1.82, 2.24) is 14.8 Å². The number of esters is 1. The molecular weight excluding hydrogens is 252 g/mol. The molecule has 0 aliphatic heterocycles. The summed E-state index contributed by atoms with van der Waals surface area (Å²) in [6.45, 7) is 4.66. The predicted octanol–water partition coefficient (Wildman–Crippen LogP) is 2.20. The van der Waals surface area contributed by atoms with Crippen molar-refractivity contribution in [2.45, 2.75) is 20.4 Å². The molecule has 96 valence electrons. The monoisotopic (exact) mass is 266 g/mol. The third kappa shape index (κ3) is 2.51. The standard InChI is InChI=1S/C11H14N4O2S/c1-4-15-6-8(5-12-15)13-11-14-9(7(2)18-11)10(16)17-3/h5-6H,4H2,1-3H3,(H,13,14). The molecule has 0 aromatic carbocycles. The number of methoxy groups -OCH3 is 1. The fraction of sp³-hybridized carbons (Fsp3) is 0.364. The molecule has 0 spiro atoms. The molecule has 2 aromatic rings. The van der Waals surface area contributed by atoms with Gasteiger partial charge in [0, 0.05) is 17.6 Å². The minimum Gasteiger partial charge on any atom is -0.464 e. The van der Waals surface area contributed by atoms with Crippen LogP contribution in [0.4, 0.5) is 10.8 Å². The van der Waals surface area contributed by atoms with Crippen LogP contribution in [0, 0.1) is 6.92 Å². The zero-order valence-electron chi connectivity index (χ0n) is 10.4. The topological polar surface area (TPSA) is 69.0 Å². The van der Waals surface area contributed by atoms with Crippen molar-refractivity contribution >= 4 is 28.1 Å². The molecular formula is C11H14N4O2S. The Bertz CT molecular complexity index is 561. The Morgan fingerprint density at radius 2 is 2.39 bits per heavy atom. The second-order valence-electron chi connectivity index (χ2n) is 3.63. The summed E-state index contributed by atoms with van der Waals surface area (Å²) in [6.07, 6.45) is 3.60. The summed E-state index contributed by atoms with van der Waals surface area (Å²) in [5.41, 5.74) is 1.20. The molecule has 18 heavy (non-hydrogen) atoms. The lowest BCUT2D eigenvalue weighted by molar-refractivity contribution is 0.0594. The van der Waals surface area contributed by atoms with Gasteiger partial charge in [0.25, 0.3) is 0 Å². The molecule has 2 heterocycles. The first-order valence-corrected chi connectivity index (χ1v) is 6.31. The van der Waals surface area contributed by atoms with Gasteiger partial charge < -0.3 is 10.1 Å². The van der Waals surface area contributed by atoms with Gasteiger partial charge in [0.2, 0.25) is 0 Å². The van der Waals surface area contributed by atoms with Crippen LogP contribution < -0.4 is 5.32 Å². The van der Waals surface area contributed by atoms with Crippen LogP contribution in [0.25, 0.3) is 0 Å². The maximum Gasteiger partial charge on any atom is 0.357 e. The number of aryl methyl sites for hydroxylation is 2. The van der Waals surface area contributed by atoms with E-state index in [0.29, 0.717) is 10.8 Å². The lowest BCUT2D eigenvalue weighted by Gasteiger charge is -1.96. The van der Waals surface area contributed by atoms with Crippen LogP contribution >= 0.6 is 11.3 Å². The normalized spacial score (nSPS) is 10.4. The highest BCUT2D eigenvalue weighted by molar-refractivity contribution is 7.15. The summed E-state index contributed by atoms with van der Waals surface area (Å²) in [7, 11) is 1.35. The second kappa shape index (κ2) is 5.18. The van der Waals surface area contributed by atoms with Gasteiger partial charge >= 0.3 is 5.97 Å². The predicted molar refractivity (Wildman–Crippen MR) is 69.4 cm³/mol. The molecule has 2 aromatic heterocycles. The van der Waals surface area contributed by atoms with Crippen LogP contribution in [0.3, 0.4) is 0 Å². The number of hydrogen-bond donors (Lipinski definition) is 1. The van der Waals surface area contributed by atoms with Crippen LogP contribution in [-0.4, -0.2) is 27.8 Å². The van der Waals surface area contributed by atoms with Gasteiger partial charge in [-0.3, -0.25) is 4.68 Å². The summed E-state index contributed by atoms with van der Waals surface area (Å²) in [5.74, 6) is -0.416. The summed E-state index contributed by atoms with van der Waals surface area (Å²) >= 11 is 1.41. The first kappa shape index (κ1) is 12.6. The Hall–Kier alpha value is -1.89. The highest BCUT2D eigenvalue weighted by atomic mass is 32.1. The Morgan fingerprint density at radius 3 is 3.00 bits per heavy atom. The van der Waals surface area contributed by atoms with E-state index in [4.69, 9.17) is 0 Å². The van der Waals surface area contributed by atoms with E-state index < -0.39 is 5.97 Å². The zero-order valence-corrected chi connectivity index (χ0v) is 11.2. The van der Waals surface area contributed by atoms with E-state index >= 15 is 0 Å². The molecule has 0 unspecified atom stereocenters. The molecule has 7 heteroatoms. The van der Waals surface area contributed by atoms with E-state index in [0.717, 1.165) is 17.1 Å². The summed E-state index contributed by atoms with van der Waals surface area (Å²) < 4.78 is 6.47. The number of aromatic nitrogens is 3. The second-order valence-corrected chi connectivity index (χ2v) is 4.83. The van der Waals surface area contributed by atoms with E-state index in [9.17, 15) is 4.79 Å². The minimum atomic E-state index is -0.416. The number of carbonyl (C=O) groups excluding carboxylic acids is 1. The molecule has 0 atom stereocenters. The lowest BCUT2D eigenvalue weighted by atomic mass is 10.4. The van der Waals surface area contributed by atoms with Gasteiger partial charge in [-0.25, -0.2) is 9.78 Å². The molecule has 0 saturated heterocycles. The Balaban J connectivity index is 2.17. The average Bonchev–Trinajstić information content (AvgIpc) is 2.95. The third-order valence-corrected chi connectivity index (χ3v) is 3.27. The van der Waals surface area contributed by atoms with Crippen molar-refractivity contribution in [2.24, 2.45) is 0 Å². The van der Waals surface area contributed by atoms with Crippen molar-refractivity contribution < 1.29 is 9.53 Å². The maximum absolute atomic E-state index is 11.4. The Labute approximate surface area is 109 Å². The molecule has 0 bridgehead atoms. The molecule has 0 fully saturated rings. The summed E-state index contributed by atoms with van der Waals surface area (Å²) in [4.78, 5) is 16.5. The molecule has 2 rings (SSSR count). The quantitative estimate of drug-likeness (QED) is 0.859. The van der Waals surface area contributed by atoms with E-state index in [1.807, 2.05) is 24.7 Å². The van der Waals surface area contributed by atoms with Crippen molar-refractivity contribution in [3.8, 4) is 0 Å². The zero-order chi connectivity index (χ0) is 13.1. The smallest absolute Gasteiger partial charge is 0.357 e. The van der Waals surface area contributed by atoms with Crippen LogP contribution in [-0.2, 0) is 11.3 Å². The van der Waals surface area contributed by atoms with Gasteiger partial charge in [-0.05, 0) is 13.8 Å². The average molecular weight is 266 g/mol. The number of rotatable bonds is 4. The number of carbonyl (C=O) groups is 1. The van der Waals surface area contributed by atoms with E-state index in [1.54, 1.807) is 6.20 Å². The van der Waals surface area contributed by atoms with Crippen LogP contribution in [0.5, 0.6) is 0 Å². The third-order valence-electron chi connectivity index (χ3n) is 2.38. The molecule has 1 N–H and O–H groups in total. The highest BCUT2D eigenvalue weighted by Crippen LogP contribution is 2.25. The van der Waals surface area contributed by atoms with E-state index in [1.165, 1.54) is 18.4 Å². The van der Waals surface area contributed by atoms with E-state index in [-0.39, 0.29) is 0 Å². The highest BCUT2D eigenvalue weighted by Gasteiger charge is 2.15. The first-order chi connectivity index (χ1) is 8.63. The van der Waals surface area contributed by atoms with E-state index in [2.05, 4.69) is 20.1 Å². The van der Waals surface area contributed by atoms with Crippen LogP contribution in [0.15, 0.2) is 12.4 Å².